The van der Waals surface area contributed by atoms with E-state index in [9.17, 15) is 4.79 Å². The summed E-state index contributed by atoms with van der Waals surface area (Å²) < 4.78 is 11.4. The molecule has 5 nitrogen and oxygen atoms in total. The van der Waals surface area contributed by atoms with Crippen LogP contribution in [0.2, 0.25) is 5.02 Å². The lowest BCUT2D eigenvalue weighted by Crippen LogP contribution is -2.12. The molecular weight excluding hydrogens is 316 g/mol. The lowest BCUT2D eigenvalue weighted by Gasteiger charge is -2.14. The maximum Gasteiger partial charge on any atom is 0.272 e. The first-order valence-corrected chi connectivity index (χ1v) is 8.06. The fourth-order valence-corrected chi connectivity index (χ4v) is 2.10. The number of halogens is 1. The first kappa shape index (κ1) is 17.2. The zero-order valence-electron chi connectivity index (χ0n) is 13.3. The average molecular weight is 337 g/mol. The van der Waals surface area contributed by atoms with E-state index >= 15 is 0 Å². The summed E-state index contributed by atoms with van der Waals surface area (Å²) in [6.45, 7) is 5.29. The molecule has 2 N–H and O–H groups in total. The first-order valence-electron chi connectivity index (χ1n) is 7.69. The molecule has 1 aromatic carbocycles. The fraction of sp³-hybridized carbons (Fsp3) is 0.353. The van der Waals surface area contributed by atoms with Gasteiger partial charge in [0, 0.05) is 18.0 Å². The number of hydrogen-bond acceptors (Lipinski definition) is 3. The quantitative estimate of drug-likeness (QED) is 0.746. The van der Waals surface area contributed by atoms with Crippen LogP contribution < -0.4 is 14.8 Å². The normalized spacial score (nSPS) is 10.4. The van der Waals surface area contributed by atoms with Crippen molar-refractivity contribution < 1.29 is 14.3 Å². The van der Waals surface area contributed by atoms with Gasteiger partial charge in [0.15, 0.2) is 11.5 Å². The van der Waals surface area contributed by atoms with Crippen molar-refractivity contribution >= 4 is 23.2 Å². The van der Waals surface area contributed by atoms with Crippen LogP contribution in [0, 0.1) is 0 Å². The monoisotopic (exact) mass is 336 g/mol. The van der Waals surface area contributed by atoms with Crippen LogP contribution in [0.4, 0.5) is 5.69 Å². The van der Waals surface area contributed by atoms with Crippen LogP contribution in [0.5, 0.6) is 11.5 Å². The van der Waals surface area contributed by atoms with Crippen LogP contribution in [0.1, 0.15) is 37.2 Å². The number of ether oxygens (including phenoxy) is 2. The minimum absolute atomic E-state index is 0.263. The minimum atomic E-state index is -0.263. The third-order valence-corrected chi connectivity index (χ3v) is 3.24. The van der Waals surface area contributed by atoms with Crippen molar-refractivity contribution in [3.8, 4) is 11.5 Å². The van der Waals surface area contributed by atoms with E-state index in [1.165, 1.54) is 0 Å². The van der Waals surface area contributed by atoms with Gasteiger partial charge in [0.25, 0.3) is 5.91 Å². The molecule has 0 fully saturated rings. The van der Waals surface area contributed by atoms with Gasteiger partial charge in [-0.2, -0.15) is 0 Å². The second-order valence-electron chi connectivity index (χ2n) is 5.04. The molecule has 2 aromatic rings. The molecule has 0 radical (unpaired) electrons. The summed E-state index contributed by atoms with van der Waals surface area (Å²) in [5.74, 6) is 1.05. The number of carbonyl (C=O) groups is 1. The van der Waals surface area contributed by atoms with E-state index < -0.39 is 0 Å². The van der Waals surface area contributed by atoms with Crippen molar-refractivity contribution in [1.29, 1.82) is 0 Å². The van der Waals surface area contributed by atoms with Gasteiger partial charge in [-0.1, -0.05) is 25.4 Å². The SMILES string of the molecule is CCCOc1ccc(NC(=O)c2cc(Cl)c[nH]2)cc1OCCC. The molecule has 0 unspecified atom stereocenters. The van der Waals surface area contributed by atoms with E-state index in [4.69, 9.17) is 21.1 Å². The molecule has 0 spiro atoms. The van der Waals surface area contributed by atoms with Gasteiger partial charge in [0.2, 0.25) is 0 Å². The number of rotatable bonds is 8. The number of aromatic nitrogens is 1. The number of carbonyl (C=O) groups excluding carboxylic acids is 1. The molecule has 124 valence electrons. The van der Waals surface area contributed by atoms with E-state index in [0.29, 0.717) is 41.1 Å². The number of anilines is 1. The number of hydrogen-bond donors (Lipinski definition) is 2. The Morgan fingerprint density at radius 3 is 2.43 bits per heavy atom. The minimum Gasteiger partial charge on any atom is -0.490 e. The third-order valence-electron chi connectivity index (χ3n) is 3.02. The standard InChI is InChI=1S/C17H21ClN2O3/c1-3-7-22-15-6-5-13(10-16(15)23-8-4-2)20-17(21)14-9-12(18)11-19-14/h5-6,9-11,19H,3-4,7-8H2,1-2H3,(H,20,21). The number of amides is 1. The van der Waals surface area contributed by atoms with Crippen molar-refractivity contribution in [2.24, 2.45) is 0 Å². The van der Waals surface area contributed by atoms with Gasteiger partial charge in [-0.3, -0.25) is 4.79 Å². The highest BCUT2D eigenvalue weighted by atomic mass is 35.5. The van der Waals surface area contributed by atoms with Crippen molar-refractivity contribution in [3.05, 3.63) is 41.2 Å². The van der Waals surface area contributed by atoms with Crippen molar-refractivity contribution in [2.45, 2.75) is 26.7 Å². The van der Waals surface area contributed by atoms with Crippen LogP contribution in [-0.4, -0.2) is 24.1 Å². The number of H-pyrrole nitrogens is 1. The summed E-state index contributed by atoms with van der Waals surface area (Å²) >= 11 is 5.81. The molecule has 0 atom stereocenters. The van der Waals surface area contributed by atoms with Crippen LogP contribution in [0.3, 0.4) is 0 Å². The summed E-state index contributed by atoms with van der Waals surface area (Å²) in [5, 5.41) is 3.30. The summed E-state index contributed by atoms with van der Waals surface area (Å²) in [4.78, 5) is 15.0. The lowest BCUT2D eigenvalue weighted by molar-refractivity contribution is 0.102. The Kier molecular flexibility index (Phi) is 6.35. The van der Waals surface area contributed by atoms with Gasteiger partial charge in [0.05, 0.1) is 18.2 Å². The van der Waals surface area contributed by atoms with Gasteiger partial charge in [-0.25, -0.2) is 0 Å². The van der Waals surface area contributed by atoms with Crippen LogP contribution in [0.15, 0.2) is 30.5 Å². The zero-order valence-corrected chi connectivity index (χ0v) is 14.1. The van der Waals surface area contributed by atoms with Crippen LogP contribution in [-0.2, 0) is 0 Å². The summed E-state index contributed by atoms with van der Waals surface area (Å²) in [5.41, 5.74) is 1.04. The van der Waals surface area contributed by atoms with Gasteiger partial charge < -0.3 is 19.8 Å². The van der Waals surface area contributed by atoms with Crippen molar-refractivity contribution in [3.63, 3.8) is 0 Å². The first-order chi connectivity index (χ1) is 11.1. The van der Waals surface area contributed by atoms with Crippen LogP contribution in [0.25, 0.3) is 0 Å². The Hall–Kier alpha value is -2.14. The molecule has 6 heteroatoms. The fourth-order valence-electron chi connectivity index (χ4n) is 1.94. The molecule has 0 aliphatic carbocycles. The highest BCUT2D eigenvalue weighted by Crippen LogP contribution is 2.31. The smallest absolute Gasteiger partial charge is 0.272 e. The maximum absolute atomic E-state index is 12.1. The van der Waals surface area contributed by atoms with E-state index in [1.54, 1.807) is 30.5 Å². The predicted molar refractivity (Wildman–Crippen MR) is 91.8 cm³/mol. The molecule has 0 aliphatic heterocycles. The molecule has 0 aliphatic rings. The van der Waals surface area contributed by atoms with E-state index in [1.807, 2.05) is 13.8 Å². The Labute approximate surface area is 140 Å². The van der Waals surface area contributed by atoms with Gasteiger partial charge in [-0.15, -0.1) is 0 Å². The summed E-state index contributed by atoms with van der Waals surface area (Å²) in [6.07, 6.45) is 3.37. The second kappa shape index (κ2) is 8.48. The van der Waals surface area contributed by atoms with Gasteiger partial charge in [0.1, 0.15) is 5.69 Å². The Morgan fingerprint density at radius 2 is 1.83 bits per heavy atom. The van der Waals surface area contributed by atoms with E-state index in [0.717, 1.165) is 12.8 Å². The van der Waals surface area contributed by atoms with Crippen molar-refractivity contribution in [2.75, 3.05) is 18.5 Å². The lowest BCUT2D eigenvalue weighted by atomic mass is 10.2. The summed E-state index contributed by atoms with van der Waals surface area (Å²) in [6, 6.07) is 6.93. The molecule has 1 amide bonds. The Morgan fingerprint density at radius 1 is 1.13 bits per heavy atom. The average Bonchev–Trinajstić information content (AvgIpc) is 2.98. The molecule has 2 rings (SSSR count). The summed E-state index contributed by atoms with van der Waals surface area (Å²) in [7, 11) is 0. The third kappa shape index (κ3) is 4.93. The topological polar surface area (TPSA) is 63.3 Å². The molecule has 1 aromatic heterocycles. The molecule has 0 bridgehead atoms. The predicted octanol–water partition coefficient (Wildman–Crippen LogP) is 4.50. The number of nitrogens with one attached hydrogen (secondary N) is 2. The largest absolute Gasteiger partial charge is 0.490 e. The Bertz CT molecular complexity index is 655. The van der Waals surface area contributed by atoms with E-state index in [2.05, 4.69) is 10.3 Å². The highest BCUT2D eigenvalue weighted by Gasteiger charge is 2.11. The molecule has 23 heavy (non-hydrogen) atoms. The molecular formula is C17H21ClN2O3. The van der Waals surface area contributed by atoms with Crippen molar-refractivity contribution in [1.82, 2.24) is 4.98 Å². The molecule has 0 saturated carbocycles. The second-order valence-corrected chi connectivity index (χ2v) is 5.48. The highest BCUT2D eigenvalue weighted by molar-refractivity contribution is 6.31. The molecule has 0 saturated heterocycles. The van der Waals surface area contributed by atoms with Gasteiger partial charge in [-0.05, 0) is 31.0 Å². The van der Waals surface area contributed by atoms with E-state index in [-0.39, 0.29) is 5.91 Å². The van der Waals surface area contributed by atoms with Crippen LogP contribution >= 0.6 is 11.6 Å². The molecule has 1 heterocycles. The van der Waals surface area contributed by atoms with Gasteiger partial charge >= 0.3 is 0 Å². The zero-order chi connectivity index (χ0) is 16.7. The number of benzene rings is 1. The Balaban J connectivity index is 2.13. The maximum atomic E-state index is 12.1. The number of aromatic amines is 1.